The highest BCUT2D eigenvalue weighted by molar-refractivity contribution is 5.80. The van der Waals surface area contributed by atoms with Crippen LogP contribution in [0.1, 0.15) is 6.42 Å². The van der Waals surface area contributed by atoms with Crippen LogP contribution in [0.3, 0.4) is 0 Å². The van der Waals surface area contributed by atoms with Crippen molar-refractivity contribution in [3.63, 3.8) is 0 Å². The van der Waals surface area contributed by atoms with Crippen LogP contribution in [-0.2, 0) is 4.74 Å². The summed E-state index contributed by atoms with van der Waals surface area (Å²) in [5.41, 5.74) is 0.677. The molecule has 0 saturated heterocycles. The molecule has 0 radical (unpaired) electrons. The highest BCUT2D eigenvalue weighted by Gasteiger charge is 2.26. The molecule has 1 aromatic carbocycles. The van der Waals surface area contributed by atoms with Gasteiger partial charge in [0.15, 0.2) is 17.7 Å². The Bertz CT molecular complexity index is 609. The quantitative estimate of drug-likeness (QED) is 0.293. The van der Waals surface area contributed by atoms with Gasteiger partial charge in [0.2, 0.25) is 11.5 Å². The molecule has 2 rings (SSSR count). The standard InChI is InChI=1S/C14H14FNO4/c1-20-14(15)6-4-10(5-7-14)9-16(19)11-2-3-12(17)13(18)8-11/h2-6,8-9,17-18H,7H2,1H3. The number of hydrogen-bond donors (Lipinski definition) is 2. The Morgan fingerprint density at radius 1 is 1.40 bits per heavy atom. The third-order valence-corrected chi connectivity index (χ3v) is 2.96. The van der Waals surface area contributed by atoms with Crippen molar-refractivity contribution < 1.29 is 24.1 Å². The predicted molar refractivity (Wildman–Crippen MR) is 71.8 cm³/mol. The monoisotopic (exact) mass is 279 g/mol. The normalized spacial score (nSPS) is 22.7. The number of methoxy groups -OCH3 is 1. The summed E-state index contributed by atoms with van der Waals surface area (Å²) in [6.07, 6.45) is 5.48. The molecule has 0 heterocycles. The molecule has 2 N–H and O–H groups in total. The molecule has 0 spiro atoms. The van der Waals surface area contributed by atoms with E-state index in [1.54, 1.807) is 0 Å². The number of nitrogens with zero attached hydrogens (tertiary/aromatic N) is 1. The highest BCUT2D eigenvalue weighted by atomic mass is 19.2. The molecule has 0 saturated carbocycles. The second kappa shape index (κ2) is 5.34. The molecule has 5 nitrogen and oxygen atoms in total. The molecule has 20 heavy (non-hydrogen) atoms. The number of aromatic hydroxyl groups is 2. The molecule has 0 aliphatic heterocycles. The van der Waals surface area contributed by atoms with Crippen LogP contribution >= 0.6 is 0 Å². The molecular formula is C14H14FNO4. The number of phenolic OH excluding ortho intramolecular Hbond substituents is 2. The lowest BCUT2D eigenvalue weighted by Crippen LogP contribution is -2.23. The van der Waals surface area contributed by atoms with E-state index in [1.165, 1.54) is 43.7 Å². The maximum Gasteiger partial charge on any atom is 0.232 e. The molecule has 1 aliphatic carbocycles. The van der Waals surface area contributed by atoms with E-state index in [2.05, 4.69) is 4.74 Å². The van der Waals surface area contributed by atoms with Crippen LogP contribution in [0.2, 0.25) is 0 Å². The summed E-state index contributed by atoms with van der Waals surface area (Å²) in [4.78, 5) is 0. The zero-order chi connectivity index (χ0) is 14.8. The first-order valence-corrected chi connectivity index (χ1v) is 5.90. The van der Waals surface area contributed by atoms with Gasteiger partial charge in [-0.1, -0.05) is 6.08 Å². The lowest BCUT2D eigenvalue weighted by Gasteiger charge is -2.20. The van der Waals surface area contributed by atoms with Gasteiger partial charge in [0.25, 0.3) is 0 Å². The first-order valence-electron chi connectivity index (χ1n) is 5.90. The maximum atomic E-state index is 13.7. The van der Waals surface area contributed by atoms with E-state index < -0.39 is 5.85 Å². The Morgan fingerprint density at radius 3 is 2.70 bits per heavy atom. The van der Waals surface area contributed by atoms with Gasteiger partial charge in [-0.3, -0.25) is 0 Å². The Hall–Kier alpha value is -2.34. The smallest absolute Gasteiger partial charge is 0.232 e. The molecule has 0 bridgehead atoms. The van der Waals surface area contributed by atoms with Gasteiger partial charge in [-0.2, -0.15) is 4.74 Å². The summed E-state index contributed by atoms with van der Waals surface area (Å²) in [5, 5.41) is 30.4. The zero-order valence-electron chi connectivity index (χ0n) is 10.8. The summed E-state index contributed by atoms with van der Waals surface area (Å²) in [7, 11) is 1.27. The molecule has 1 aromatic rings. The van der Waals surface area contributed by atoms with E-state index in [0.29, 0.717) is 10.3 Å². The summed E-state index contributed by atoms with van der Waals surface area (Å²) in [6.45, 7) is 0. The Balaban J connectivity index is 2.20. The number of rotatable bonds is 3. The number of alkyl halides is 1. The van der Waals surface area contributed by atoms with Crippen molar-refractivity contribution in [1.29, 1.82) is 0 Å². The van der Waals surface area contributed by atoms with Crippen molar-refractivity contribution in [2.75, 3.05) is 7.11 Å². The molecule has 0 aromatic heterocycles. The number of phenols is 2. The fourth-order valence-corrected chi connectivity index (χ4v) is 1.72. The Morgan fingerprint density at radius 2 is 2.15 bits per heavy atom. The topological polar surface area (TPSA) is 75.8 Å². The zero-order valence-corrected chi connectivity index (χ0v) is 10.8. The molecular weight excluding hydrogens is 265 g/mol. The van der Waals surface area contributed by atoms with Gasteiger partial charge in [0.05, 0.1) is 6.07 Å². The third kappa shape index (κ3) is 2.97. The van der Waals surface area contributed by atoms with Gasteiger partial charge >= 0.3 is 0 Å². The molecule has 1 aliphatic rings. The van der Waals surface area contributed by atoms with Crippen LogP contribution in [-0.4, -0.2) is 34.1 Å². The van der Waals surface area contributed by atoms with Gasteiger partial charge in [-0.15, -0.1) is 0 Å². The first-order chi connectivity index (χ1) is 9.43. The maximum absolute atomic E-state index is 13.7. The van der Waals surface area contributed by atoms with Crippen LogP contribution < -0.4 is 0 Å². The lowest BCUT2D eigenvalue weighted by molar-refractivity contribution is -0.354. The molecule has 1 unspecified atom stereocenters. The van der Waals surface area contributed by atoms with E-state index in [0.717, 1.165) is 6.07 Å². The van der Waals surface area contributed by atoms with Crippen LogP contribution in [0.4, 0.5) is 10.1 Å². The van der Waals surface area contributed by atoms with Crippen molar-refractivity contribution in [3.05, 3.63) is 47.2 Å². The van der Waals surface area contributed by atoms with E-state index in [1.807, 2.05) is 0 Å². The fraction of sp³-hybridized carbons (Fsp3) is 0.214. The number of benzene rings is 1. The van der Waals surface area contributed by atoms with Crippen molar-refractivity contribution >= 4 is 11.9 Å². The number of halogens is 1. The number of ether oxygens (including phenoxy) is 1. The van der Waals surface area contributed by atoms with Gasteiger partial charge < -0.3 is 20.2 Å². The summed E-state index contributed by atoms with van der Waals surface area (Å²) >= 11 is 0. The molecule has 1 atom stereocenters. The minimum atomic E-state index is -1.83. The fourth-order valence-electron chi connectivity index (χ4n) is 1.72. The molecule has 6 heteroatoms. The Labute approximate surface area is 115 Å². The van der Waals surface area contributed by atoms with Crippen LogP contribution in [0.5, 0.6) is 11.5 Å². The average Bonchev–Trinajstić information content (AvgIpc) is 2.44. The van der Waals surface area contributed by atoms with E-state index in [4.69, 9.17) is 0 Å². The molecule has 106 valence electrons. The Kier molecular flexibility index (Phi) is 3.76. The second-order valence-electron chi connectivity index (χ2n) is 4.36. The largest absolute Gasteiger partial charge is 0.618 e. The lowest BCUT2D eigenvalue weighted by atomic mass is 10.0. The van der Waals surface area contributed by atoms with Gasteiger partial charge in [0.1, 0.15) is 0 Å². The number of hydrogen-bond acceptors (Lipinski definition) is 4. The van der Waals surface area contributed by atoms with Crippen molar-refractivity contribution in [2.45, 2.75) is 12.3 Å². The van der Waals surface area contributed by atoms with Gasteiger partial charge in [0, 0.05) is 25.2 Å². The minimum Gasteiger partial charge on any atom is -0.618 e. The van der Waals surface area contributed by atoms with Crippen molar-refractivity contribution in [2.24, 2.45) is 0 Å². The van der Waals surface area contributed by atoms with E-state index in [-0.39, 0.29) is 23.6 Å². The highest BCUT2D eigenvalue weighted by Crippen LogP contribution is 2.29. The second-order valence-corrected chi connectivity index (χ2v) is 4.36. The summed E-state index contributed by atoms with van der Waals surface area (Å²) in [6, 6.07) is 3.72. The minimum absolute atomic E-state index is 0.0144. The van der Waals surface area contributed by atoms with E-state index in [9.17, 15) is 19.8 Å². The summed E-state index contributed by atoms with van der Waals surface area (Å²) in [5.74, 6) is -2.52. The van der Waals surface area contributed by atoms with Gasteiger partial charge in [-0.05, 0) is 18.2 Å². The molecule has 0 fully saturated rings. The first kappa shape index (κ1) is 14.1. The molecule has 0 amide bonds. The predicted octanol–water partition coefficient (Wildman–Crippen LogP) is 2.51. The average molecular weight is 279 g/mol. The number of allylic oxidation sites excluding steroid dienone is 2. The van der Waals surface area contributed by atoms with Gasteiger partial charge in [-0.25, -0.2) is 4.39 Å². The van der Waals surface area contributed by atoms with Crippen LogP contribution in [0.25, 0.3) is 0 Å². The van der Waals surface area contributed by atoms with Crippen LogP contribution in [0, 0.1) is 5.21 Å². The van der Waals surface area contributed by atoms with Crippen molar-refractivity contribution in [3.8, 4) is 11.5 Å². The van der Waals surface area contributed by atoms with E-state index >= 15 is 0 Å². The SMILES string of the molecule is COC1(F)C=CC(C=[N+]([O-])c2ccc(O)c(O)c2)=CC1. The van der Waals surface area contributed by atoms with Crippen molar-refractivity contribution in [1.82, 2.24) is 0 Å². The third-order valence-electron chi connectivity index (χ3n) is 2.96. The van der Waals surface area contributed by atoms with Crippen LogP contribution in [0.15, 0.2) is 42.0 Å². The summed E-state index contributed by atoms with van der Waals surface area (Å²) < 4.78 is 18.9.